The molecule has 0 atom stereocenters. The third-order valence-electron chi connectivity index (χ3n) is 3.44. The molecule has 150 valence electrons. The zero-order chi connectivity index (χ0) is 19.4. The summed E-state index contributed by atoms with van der Waals surface area (Å²) in [6.07, 6.45) is -2.69. The molecule has 0 aliphatic rings. The van der Waals surface area contributed by atoms with Crippen LogP contribution in [0.2, 0.25) is 0 Å². The quantitative estimate of drug-likeness (QED) is 0.361. The van der Waals surface area contributed by atoms with Gasteiger partial charge in [-0.2, -0.15) is 5.10 Å². The van der Waals surface area contributed by atoms with E-state index in [1.54, 1.807) is 12.1 Å². The molecular formula is C16H16ClF3N6O2. The van der Waals surface area contributed by atoms with E-state index in [9.17, 15) is 13.2 Å². The van der Waals surface area contributed by atoms with Crippen LogP contribution in [-0.4, -0.2) is 27.5 Å². The Balaban J connectivity index is 0.00000280. The van der Waals surface area contributed by atoms with Gasteiger partial charge in [0.2, 0.25) is 0 Å². The third kappa shape index (κ3) is 5.16. The number of anilines is 1. The molecule has 0 saturated heterocycles. The van der Waals surface area contributed by atoms with E-state index in [-0.39, 0.29) is 24.1 Å². The van der Waals surface area contributed by atoms with Gasteiger partial charge in [0.05, 0.1) is 6.21 Å². The molecule has 2 heterocycles. The Hall–Kier alpha value is -3.21. The predicted octanol–water partition coefficient (Wildman–Crippen LogP) is 3.58. The van der Waals surface area contributed by atoms with E-state index in [0.29, 0.717) is 29.3 Å². The molecule has 0 unspecified atom stereocenters. The maximum Gasteiger partial charge on any atom is 0.573 e. The number of ether oxygens (including phenoxy) is 1. The number of aryl methyl sites for hydroxylation is 1. The Morgan fingerprint density at radius 3 is 2.54 bits per heavy atom. The maximum atomic E-state index is 12.2. The molecule has 28 heavy (non-hydrogen) atoms. The number of hydrogen-bond donors (Lipinski definition) is 2. The fourth-order valence-corrected chi connectivity index (χ4v) is 2.19. The van der Waals surface area contributed by atoms with E-state index in [2.05, 4.69) is 25.5 Å². The van der Waals surface area contributed by atoms with Crippen LogP contribution in [0.1, 0.15) is 18.5 Å². The van der Waals surface area contributed by atoms with Gasteiger partial charge in [0.15, 0.2) is 5.82 Å². The molecule has 0 aliphatic heterocycles. The highest BCUT2D eigenvalue weighted by molar-refractivity contribution is 5.85. The van der Waals surface area contributed by atoms with E-state index in [1.165, 1.54) is 35.2 Å². The van der Waals surface area contributed by atoms with Crippen LogP contribution in [0, 0.1) is 0 Å². The number of rotatable bonds is 6. The van der Waals surface area contributed by atoms with Crippen LogP contribution < -0.4 is 16.0 Å². The van der Waals surface area contributed by atoms with Gasteiger partial charge in [-0.05, 0) is 36.4 Å². The van der Waals surface area contributed by atoms with Crippen molar-refractivity contribution in [3.05, 3.63) is 48.0 Å². The van der Waals surface area contributed by atoms with Crippen molar-refractivity contribution >= 4 is 24.6 Å². The topological polar surface area (TPSA) is 103 Å². The fraction of sp³-hybridized carbons (Fsp3) is 0.188. The van der Waals surface area contributed by atoms with Crippen molar-refractivity contribution in [3.63, 3.8) is 0 Å². The van der Waals surface area contributed by atoms with Crippen molar-refractivity contribution in [1.82, 2.24) is 14.9 Å². The summed E-state index contributed by atoms with van der Waals surface area (Å²) in [5, 5.41) is 11.7. The maximum absolute atomic E-state index is 12.2. The molecule has 0 saturated carbocycles. The van der Waals surface area contributed by atoms with Gasteiger partial charge < -0.3 is 15.0 Å². The van der Waals surface area contributed by atoms with Crippen LogP contribution in [0.3, 0.4) is 0 Å². The van der Waals surface area contributed by atoms with Crippen LogP contribution in [0.15, 0.2) is 45.9 Å². The molecule has 3 N–H and O–H groups in total. The summed E-state index contributed by atoms with van der Waals surface area (Å²) < 4.78 is 47.2. The second-order valence-corrected chi connectivity index (χ2v) is 5.31. The zero-order valence-corrected chi connectivity index (χ0v) is 15.3. The minimum absolute atomic E-state index is 0. The second-order valence-electron chi connectivity index (χ2n) is 5.31. The van der Waals surface area contributed by atoms with E-state index in [0.717, 1.165) is 0 Å². The average molecular weight is 417 g/mol. The smallest absolute Gasteiger partial charge is 0.455 e. The number of hydrazone groups is 1. The molecule has 12 heteroatoms. The zero-order valence-electron chi connectivity index (χ0n) is 14.5. The Bertz CT molecular complexity index is 937. The number of furan rings is 1. The third-order valence-corrected chi connectivity index (χ3v) is 3.44. The summed E-state index contributed by atoms with van der Waals surface area (Å²) >= 11 is 0. The summed E-state index contributed by atoms with van der Waals surface area (Å²) in [7, 11) is 0. The van der Waals surface area contributed by atoms with Gasteiger partial charge >= 0.3 is 6.36 Å². The highest BCUT2D eigenvalue weighted by Crippen LogP contribution is 2.27. The largest absolute Gasteiger partial charge is 0.573 e. The summed E-state index contributed by atoms with van der Waals surface area (Å²) in [4.78, 5) is 0. The normalized spacial score (nSPS) is 11.4. The van der Waals surface area contributed by atoms with Crippen molar-refractivity contribution in [2.45, 2.75) is 19.7 Å². The minimum atomic E-state index is -4.73. The molecule has 0 spiro atoms. The van der Waals surface area contributed by atoms with E-state index in [4.69, 9.17) is 10.3 Å². The van der Waals surface area contributed by atoms with Gasteiger partial charge in [0.25, 0.3) is 5.95 Å². The lowest BCUT2D eigenvalue weighted by molar-refractivity contribution is -0.274. The molecular weight excluding hydrogens is 401 g/mol. The van der Waals surface area contributed by atoms with Crippen molar-refractivity contribution in [2.75, 3.05) is 11.3 Å². The van der Waals surface area contributed by atoms with Crippen molar-refractivity contribution in [3.8, 4) is 17.1 Å². The second kappa shape index (κ2) is 8.65. The molecule has 3 aromatic rings. The molecule has 0 aliphatic carbocycles. The van der Waals surface area contributed by atoms with Gasteiger partial charge in [0, 0.05) is 12.0 Å². The number of nitrogens with one attached hydrogen (secondary N) is 1. The van der Waals surface area contributed by atoms with Crippen molar-refractivity contribution in [2.24, 2.45) is 5.10 Å². The molecule has 0 radical (unpaired) electrons. The SMILES string of the molecule is CCc1nnc(N/N=C/c2ccc(-c3ccc(OC(F)(F)F)cc3)o2)n1N.Cl. The Kier molecular flexibility index (Phi) is 6.52. The van der Waals surface area contributed by atoms with Gasteiger partial charge in [-0.15, -0.1) is 35.8 Å². The highest BCUT2D eigenvalue weighted by atomic mass is 35.5. The fourth-order valence-electron chi connectivity index (χ4n) is 2.19. The van der Waals surface area contributed by atoms with Crippen LogP contribution in [0.25, 0.3) is 11.3 Å². The van der Waals surface area contributed by atoms with Crippen molar-refractivity contribution in [1.29, 1.82) is 0 Å². The Morgan fingerprint density at radius 1 is 1.21 bits per heavy atom. The summed E-state index contributed by atoms with van der Waals surface area (Å²) in [5.74, 6) is 7.23. The van der Waals surface area contributed by atoms with Crippen molar-refractivity contribution < 1.29 is 22.3 Å². The lowest BCUT2D eigenvalue weighted by atomic mass is 10.2. The molecule has 0 amide bonds. The number of aromatic nitrogens is 3. The molecule has 3 rings (SSSR count). The molecule has 0 bridgehead atoms. The Morgan fingerprint density at radius 2 is 1.93 bits per heavy atom. The standard InChI is InChI=1S/C16H15F3N6O2.ClH/c1-2-14-22-24-15(25(14)20)23-21-9-12-7-8-13(26-12)10-3-5-11(6-4-10)27-16(17,18)19;/h3-9H,2,20H2,1H3,(H,23,24);1H/b21-9+;. The molecule has 1 aromatic carbocycles. The number of nitrogens with zero attached hydrogens (tertiary/aromatic N) is 4. The average Bonchev–Trinajstić information content (AvgIpc) is 3.22. The first kappa shape index (κ1) is 21.1. The number of alkyl halides is 3. The lowest BCUT2D eigenvalue weighted by Crippen LogP contribution is -2.16. The molecule has 8 nitrogen and oxygen atoms in total. The van der Waals surface area contributed by atoms with E-state index in [1.807, 2.05) is 6.92 Å². The van der Waals surface area contributed by atoms with Gasteiger partial charge in [0.1, 0.15) is 17.3 Å². The number of hydrogen-bond acceptors (Lipinski definition) is 7. The van der Waals surface area contributed by atoms with E-state index < -0.39 is 6.36 Å². The number of nitrogens with two attached hydrogens (primary N) is 1. The molecule has 0 fully saturated rings. The number of nitrogen functional groups attached to an aromatic ring is 1. The minimum Gasteiger partial charge on any atom is -0.455 e. The molecule has 2 aromatic heterocycles. The predicted molar refractivity (Wildman–Crippen MR) is 98.8 cm³/mol. The van der Waals surface area contributed by atoms with Gasteiger partial charge in [-0.25, -0.2) is 10.1 Å². The summed E-state index contributed by atoms with van der Waals surface area (Å²) in [6.45, 7) is 1.90. The first-order valence-electron chi connectivity index (χ1n) is 7.80. The van der Waals surface area contributed by atoms with E-state index >= 15 is 0 Å². The number of benzene rings is 1. The summed E-state index contributed by atoms with van der Waals surface area (Å²) in [6, 6.07) is 8.66. The summed E-state index contributed by atoms with van der Waals surface area (Å²) in [5.41, 5.74) is 3.23. The highest BCUT2D eigenvalue weighted by Gasteiger charge is 2.31. The van der Waals surface area contributed by atoms with Crippen LogP contribution in [0.5, 0.6) is 5.75 Å². The first-order chi connectivity index (χ1) is 12.9. The van der Waals surface area contributed by atoms with Crippen LogP contribution >= 0.6 is 12.4 Å². The lowest BCUT2D eigenvalue weighted by Gasteiger charge is -2.08. The Labute approximate surface area is 163 Å². The van der Waals surface area contributed by atoms with Gasteiger partial charge in [-0.1, -0.05) is 6.92 Å². The number of halogens is 4. The van der Waals surface area contributed by atoms with Gasteiger partial charge in [-0.3, -0.25) is 0 Å². The van der Waals surface area contributed by atoms with Crippen LogP contribution in [-0.2, 0) is 6.42 Å². The van der Waals surface area contributed by atoms with Crippen LogP contribution in [0.4, 0.5) is 19.1 Å². The monoisotopic (exact) mass is 416 g/mol. The first-order valence-corrected chi connectivity index (χ1v) is 7.80.